The molecule has 0 spiro atoms. The van der Waals surface area contributed by atoms with Gasteiger partial charge in [-0.1, -0.05) is 39.3 Å². The van der Waals surface area contributed by atoms with Crippen molar-refractivity contribution in [1.29, 1.82) is 0 Å². The molecule has 1 rings (SSSR count). The minimum absolute atomic E-state index is 0.734. The summed E-state index contributed by atoms with van der Waals surface area (Å²) in [6.07, 6.45) is 4.96. The number of rotatable bonds is 7. The summed E-state index contributed by atoms with van der Waals surface area (Å²) in [5.41, 5.74) is 1.43. The van der Waals surface area contributed by atoms with Gasteiger partial charge in [-0.05, 0) is 64.1 Å². The average molecular weight is 281 g/mol. The van der Waals surface area contributed by atoms with Crippen molar-refractivity contribution >= 4 is 0 Å². The summed E-state index contributed by atoms with van der Waals surface area (Å²) >= 11 is 0. The van der Waals surface area contributed by atoms with Crippen molar-refractivity contribution in [3.05, 3.63) is 11.6 Å². The third-order valence-corrected chi connectivity index (χ3v) is 4.70. The lowest BCUT2D eigenvalue weighted by atomic mass is 9.85. The highest BCUT2D eigenvalue weighted by Crippen LogP contribution is 2.20. The molecule has 0 amide bonds. The molecule has 0 atom stereocenters. The fourth-order valence-electron chi connectivity index (χ4n) is 3.18. The lowest BCUT2D eigenvalue weighted by molar-refractivity contribution is 0.197. The van der Waals surface area contributed by atoms with Gasteiger partial charge in [0.1, 0.15) is 0 Å². The molecule has 1 N–H and O–H groups in total. The first-order valence-corrected chi connectivity index (χ1v) is 8.49. The SMILES string of the molecule is CC(C)=CCN1CCC(NCC(C(C)C)C(C)C)CC1. The van der Waals surface area contributed by atoms with Crippen LogP contribution in [0.15, 0.2) is 11.6 Å². The van der Waals surface area contributed by atoms with Crippen LogP contribution in [0.5, 0.6) is 0 Å². The zero-order valence-electron chi connectivity index (χ0n) is 14.6. The number of piperidine rings is 1. The van der Waals surface area contributed by atoms with E-state index in [2.05, 4.69) is 57.8 Å². The highest BCUT2D eigenvalue weighted by Gasteiger charge is 2.21. The Morgan fingerprint density at radius 3 is 2.10 bits per heavy atom. The number of nitrogens with one attached hydrogen (secondary N) is 1. The van der Waals surface area contributed by atoms with Crippen LogP contribution in [0.2, 0.25) is 0 Å². The lowest BCUT2D eigenvalue weighted by Gasteiger charge is -2.34. The van der Waals surface area contributed by atoms with Gasteiger partial charge in [-0.15, -0.1) is 0 Å². The summed E-state index contributed by atoms with van der Waals surface area (Å²) in [6.45, 7) is 18.6. The van der Waals surface area contributed by atoms with Gasteiger partial charge in [0.15, 0.2) is 0 Å². The zero-order chi connectivity index (χ0) is 15.1. The van der Waals surface area contributed by atoms with Crippen molar-refractivity contribution in [3.63, 3.8) is 0 Å². The predicted octanol–water partition coefficient (Wildman–Crippen LogP) is 3.93. The van der Waals surface area contributed by atoms with Crippen LogP contribution in [-0.4, -0.2) is 37.1 Å². The first-order valence-electron chi connectivity index (χ1n) is 8.49. The molecule has 1 saturated heterocycles. The van der Waals surface area contributed by atoms with Gasteiger partial charge in [0.2, 0.25) is 0 Å². The normalized spacial score (nSPS) is 18.2. The van der Waals surface area contributed by atoms with E-state index in [0.29, 0.717) is 0 Å². The van der Waals surface area contributed by atoms with E-state index in [1.54, 1.807) is 0 Å². The van der Waals surface area contributed by atoms with Crippen LogP contribution in [0.1, 0.15) is 54.4 Å². The van der Waals surface area contributed by atoms with Crippen molar-refractivity contribution < 1.29 is 0 Å². The van der Waals surface area contributed by atoms with E-state index >= 15 is 0 Å². The van der Waals surface area contributed by atoms with E-state index in [9.17, 15) is 0 Å². The number of hydrogen-bond acceptors (Lipinski definition) is 2. The van der Waals surface area contributed by atoms with E-state index in [1.807, 2.05) is 0 Å². The second-order valence-electron chi connectivity index (χ2n) is 7.42. The summed E-state index contributed by atoms with van der Waals surface area (Å²) in [7, 11) is 0. The molecule has 0 aliphatic carbocycles. The van der Waals surface area contributed by atoms with Gasteiger partial charge < -0.3 is 5.32 Å². The molecule has 1 aliphatic heterocycles. The quantitative estimate of drug-likeness (QED) is 0.711. The van der Waals surface area contributed by atoms with Crippen molar-refractivity contribution in [1.82, 2.24) is 10.2 Å². The Balaban J connectivity index is 2.27. The minimum atomic E-state index is 0.734. The Morgan fingerprint density at radius 1 is 1.10 bits per heavy atom. The van der Waals surface area contributed by atoms with E-state index in [-0.39, 0.29) is 0 Å². The zero-order valence-corrected chi connectivity index (χ0v) is 14.6. The molecule has 1 fully saturated rings. The first kappa shape index (κ1) is 17.7. The number of likely N-dealkylation sites (tertiary alicyclic amines) is 1. The van der Waals surface area contributed by atoms with Gasteiger partial charge in [0.05, 0.1) is 0 Å². The Hall–Kier alpha value is -0.340. The topological polar surface area (TPSA) is 15.3 Å². The van der Waals surface area contributed by atoms with Crippen molar-refractivity contribution in [2.24, 2.45) is 17.8 Å². The highest BCUT2D eigenvalue weighted by atomic mass is 15.1. The fraction of sp³-hybridized carbons (Fsp3) is 0.889. The molecule has 2 nitrogen and oxygen atoms in total. The minimum Gasteiger partial charge on any atom is -0.314 e. The van der Waals surface area contributed by atoms with Crippen LogP contribution in [-0.2, 0) is 0 Å². The Labute approximate surface area is 127 Å². The van der Waals surface area contributed by atoms with Gasteiger partial charge in [-0.25, -0.2) is 0 Å². The highest BCUT2D eigenvalue weighted by molar-refractivity contribution is 4.95. The van der Waals surface area contributed by atoms with Crippen LogP contribution in [0.4, 0.5) is 0 Å². The van der Waals surface area contributed by atoms with Gasteiger partial charge in [-0.2, -0.15) is 0 Å². The summed E-state index contributed by atoms with van der Waals surface area (Å²) in [5.74, 6) is 2.36. The van der Waals surface area contributed by atoms with Crippen molar-refractivity contribution in [2.45, 2.75) is 60.4 Å². The number of nitrogens with zero attached hydrogens (tertiary/aromatic N) is 1. The van der Waals surface area contributed by atoms with Gasteiger partial charge >= 0.3 is 0 Å². The molecule has 0 bridgehead atoms. The third-order valence-electron chi connectivity index (χ3n) is 4.70. The average Bonchev–Trinajstić information content (AvgIpc) is 2.37. The molecule has 0 saturated carbocycles. The van der Waals surface area contributed by atoms with E-state index in [4.69, 9.17) is 0 Å². The summed E-state index contributed by atoms with van der Waals surface area (Å²) in [4.78, 5) is 2.58. The van der Waals surface area contributed by atoms with Crippen LogP contribution in [0.3, 0.4) is 0 Å². The summed E-state index contributed by atoms with van der Waals surface area (Å²) in [5, 5.41) is 3.83. The molecule has 0 unspecified atom stereocenters. The molecule has 1 heterocycles. The molecule has 0 aromatic rings. The van der Waals surface area contributed by atoms with Crippen LogP contribution in [0, 0.1) is 17.8 Å². The van der Waals surface area contributed by atoms with Crippen LogP contribution >= 0.6 is 0 Å². The maximum atomic E-state index is 3.83. The third kappa shape index (κ3) is 6.41. The Morgan fingerprint density at radius 2 is 1.65 bits per heavy atom. The molecular formula is C18H36N2. The van der Waals surface area contributed by atoms with E-state index < -0.39 is 0 Å². The predicted molar refractivity (Wildman–Crippen MR) is 90.1 cm³/mol. The van der Waals surface area contributed by atoms with Crippen LogP contribution < -0.4 is 5.32 Å². The first-order chi connectivity index (χ1) is 9.40. The fourth-order valence-corrected chi connectivity index (χ4v) is 3.18. The van der Waals surface area contributed by atoms with Crippen molar-refractivity contribution in [3.8, 4) is 0 Å². The monoisotopic (exact) mass is 280 g/mol. The molecule has 20 heavy (non-hydrogen) atoms. The second kappa shape index (κ2) is 8.84. The smallest absolute Gasteiger partial charge is 0.0165 e. The maximum Gasteiger partial charge on any atom is 0.0165 e. The summed E-state index contributed by atoms with van der Waals surface area (Å²) < 4.78 is 0. The molecule has 118 valence electrons. The van der Waals surface area contributed by atoms with Gasteiger partial charge in [0.25, 0.3) is 0 Å². The van der Waals surface area contributed by atoms with E-state index in [0.717, 1.165) is 30.3 Å². The molecule has 1 aliphatic rings. The van der Waals surface area contributed by atoms with Crippen LogP contribution in [0.25, 0.3) is 0 Å². The van der Waals surface area contributed by atoms with Gasteiger partial charge in [-0.3, -0.25) is 4.90 Å². The maximum absolute atomic E-state index is 3.83. The largest absolute Gasteiger partial charge is 0.314 e. The lowest BCUT2D eigenvalue weighted by Crippen LogP contribution is -2.44. The molecule has 2 heteroatoms. The van der Waals surface area contributed by atoms with E-state index in [1.165, 1.54) is 38.0 Å². The molecular weight excluding hydrogens is 244 g/mol. The molecule has 0 radical (unpaired) electrons. The molecule has 0 aromatic carbocycles. The molecule has 0 aromatic heterocycles. The Kier molecular flexibility index (Phi) is 7.83. The standard InChI is InChI=1S/C18H36N2/c1-14(2)7-10-20-11-8-17(9-12-20)19-13-18(15(3)4)16(5)6/h7,15-19H,8-13H2,1-6H3. The second-order valence-corrected chi connectivity index (χ2v) is 7.42. The number of hydrogen-bond donors (Lipinski definition) is 1. The van der Waals surface area contributed by atoms with Gasteiger partial charge in [0, 0.05) is 12.6 Å². The Bertz CT molecular complexity index is 274. The number of allylic oxidation sites excluding steroid dienone is 1. The van der Waals surface area contributed by atoms with Crippen molar-refractivity contribution in [2.75, 3.05) is 26.2 Å². The summed E-state index contributed by atoms with van der Waals surface area (Å²) in [6, 6.07) is 0.734.